The summed E-state index contributed by atoms with van der Waals surface area (Å²) in [5.74, 6) is -3.88. The van der Waals surface area contributed by atoms with Crippen molar-refractivity contribution in [2.75, 3.05) is 19.0 Å². The Bertz CT molecular complexity index is 1180. The van der Waals surface area contributed by atoms with E-state index in [4.69, 9.17) is 0 Å². The lowest BCUT2D eigenvalue weighted by molar-refractivity contribution is -0.154. The van der Waals surface area contributed by atoms with Crippen LogP contribution in [0.25, 0.3) is 0 Å². The van der Waals surface area contributed by atoms with Gasteiger partial charge in [0.1, 0.15) is 4.88 Å². The van der Waals surface area contributed by atoms with Crippen LogP contribution in [0.5, 0.6) is 5.88 Å². The molecule has 19 heteroatoms. The second-order valence-electron chi connectivity index (χ2n) is 6.60. The van der Waals surface area contributed by atoms with Gasteiger partial charge in [0.05, 0.1) is 12.4 Å². The van der Waals surface area contributed by atoms with E-state index in [2.05, 4.69) is 19.6 Å². The van der Waals surface area contributed by atoms with E-state index in [1.165, 1.54) is 6.92 Å². The topological polar surface area (TPSA) is 100 Å². The van der Waals surface area contributed by atoms with Crippen molar-refractivity contribution in [3.8, 4) is 5.88 Å². The van der Waals surface area contributed by atoms with E-state index in [0.717, 1.165) is 7.05 Å². The minimum atomic E-state index is -5.27. The maximum Gasteiger partial charge on any atom is 0.435 e. The van der Waals surface area contributed by atoms with Gasteiger partial charge >= 0.3 is 24.5 Å². The van der Waals surface area contributed by atoms with Gasteiger partial charge in [-0.3, -0.25) is 0 Å². The Morgan fingerprint density at radius 1 is 1.03 bits per heavy atom. The molecular weight excluding hydrogens is 549 g/mol. The van der Waals surface area contributed by atoms with Gasteiger partial charge in [-0.1, -0.05) is 11.3 Å². The molecule has 0 aliphatic heterocycles. The first-order valence-electron chi connectivity index (χ1n) is 9.08. The summed E-state index contributed by atoms with van der Waals surface area (Å²) in [5.41, 5.74) is -4.67. The molecule has 0 aliphatic rings. The van der Waals surface area contributed by atoms with Crippen molar-refractivity contribution in [3.05, 3.63) is 21.8 Å². The number of aromatic nitrogens is 3. The van der Waals surface area contributed by atoms with E-state index in [0.29, 0.717) is 4.68 Å². The number of hydrogen-bond acceptors (Lipinski definition) is 8. The van der Waals surface area contributed by atoms with E-state index in [1.807, 2.05) is 0 Å². The summed E-state index contributed by atoms with van der Waals surface area (Å²) in [6, 6.07) is 0. The zero-order valence-corrected chi connectivity index (χ0v) is 19.1. The molecule has 0 spiro atoms. The summed E-state index contributed by atoms with van der Waals surface area (Å²) >= 11 is -0.207. The maximum absolute atomic E-state index is 13.3. The summed E-state index contributed by atoms with van der Waals surface area (Å²) in [7, 11) is -4.04. The normalized spacial score (nSPS) is 13.2. The van der Waals surface area contributed by atoms with Gasteiger partial charge in [0.2, 0.25) is 20.1 Å². The lowest BCUT2D eigenvalue weighted by atomic mass is 10.2. The van der Waals surface area contributed by atoms with Crippen molar-refractivity contribution < 1.29 is 62.2 Å². The number of carbonyl (C=O) groups excluding carboxylic acids is 1. The molecule has 0 N–H and O–H groups in total. The molecule has 2 aromatic rings. The maximum atomic E-state index is 13.3. The van der Waals surface area contributed by atoms with Crippen molar-refractivity contribution in [1.82, 2.24) is 14.8 Å². The van der Waals surface area contributed by atoms with Crippen LogP contribution < -0.4 is 4.74 Å². The number of rotatable bonds is 8. The first kappa shape index (κ1) is 28.7. The predicted octanol–water partition coefficient (Wildman–Crippen LogP) is 4.05. The van der Waals surface area contributed by atoms with Crippen LogP contribution in [-0.2, 0) is 40.4 Å². The lowest BCUT2D eigenvalue weighted by Gasteiger charge is -2.12. The average molecular weight is 563 g/mol. The minimum absolute atomic E-state index is 0.207. The highest BCUT2D eigenvalue weighted by atomic mass is 32.2. The minimum Gasteiger partial charge on any atom is -0.468 e. The third kappa shape index (κ3) is 6.98. The van der Waals surface area contributed by atoms with Crippen molar-refractivity contribution in [2.45, 2.75) is 36.2 Å². The van der Waals surface area contributed by atoms with Crippen LogP contribution in [0.4, 0.5) is 39.5 Å². The Balaban J connectivity index is 2.46. The van der Waals surface area contributed by atoms with Crippen molar-refractivity contribution in [3.63, 3.8) is 0 Å². The van der Waals surface area contributed by atoms with E-state index >= 15 is 0 Å². The van der Waals surface area contributed by atoms with Gasteiger partial charge in [-0.2, -0.15) is 44.6 Å². The number of aryl methyl sites for hydroxylation is 1. The number of esters is 1. The number of ether oxygens (including phenoxy) is 2. The second kappa shape index (κ2) is 9.82. The first-order valence-corrected chi connectivity index (χ1v) is 11.5. The Labute approximate surface area is 194 Å². The molecule has 198 valence electrons. The third-order valence-corrected chi connectivity index (χ3v) is 7.16. The fourth-order valence-corrected chi connectivity index (χ4v) is 5.22. The molecule has 0 saturated heterocycles. The number of hydrogen-bond donors (Lipinski definition) is 0. The van der Waals surface area contributed by atoms with Crippen molar-refractivity contribution in [1.29, 1.82) is 0 Å². The smallest absolute Gasteiger partial charge is 0.435 e. The summed E-state index contributed by atoms with van der Waals surface area (Å²) in [6.07, 6.45) is -16.6. The molecule has 8 nitrogen and oxygen atoms in total. The number of thiazole rings is 1. The fourth-order valence-electron chi connectivity index (χ4n) is 2.62. The Hall–Kier alpha value is -2.57. The molecule has 0 radical (unpaired) electrons. The number of nitrogens with zero attached hydrogens (tertiary/aromatic N) is 3. The van der Waals surface area contributed by atoms with Crippen molar-refractivity contribution >= 4 is 27.1 Å². The van der Waals surface area contributed by atoms with Crippen LogP contribution in [-0.4, -0.2) is 54.3 Å². The van der Waals surface area contributed by atoms with Crippen LogP contribution in [0.3, 0.4) is 0 Å². The molecule has 0 saturated carbocycles. The first-order chi connectivity index (χ1) is 15.8. The molecule has 0 amide bonds. The quantitative estimate of drug-likeness (QED) is 0.353. The molecular formula is C16H14F9N3O5S2. The third-order valence-electron chi connectivity index (χ3n) is 3.95. The Morgan fingerprint density at radius 3 is 2.09 bits per heavy atom. The number of alkyl halides is 9. The highest BCUT2D eigenvalue weighted by molar-refractivity contribution is 7.93. The van der Waals surface area contributed by atoms with Crippen LogP contribution in [0, 0.1) is 0 Å². The standard InChI is InChI=1S/C16H14F9N3O5S2/c1-3-32-12(29)8-10(16(23,24)25)26-13(34-8)35(30,31)5-4-7-9(15(20,21)22)27-28(2)11(7)33-6-14(17,18)19/h3-6H2,1-2H3. The van der Waals surface area contributed by atoms with Crippen LogP contribution >= 0.6 is 11.3 Å². The van der Waals surface area contributed by atoms with Gasteiger partial charge in [-0.25, -0.2) is 22.9 Å². The van der Waals surface area contributed by atoms with Gasteiger partial charge in [-0.05, 0) is 13.3 Å². The van der Waals surface area contributed by atoms with Crippen LogP contribution in [0.1, 0.15) is 33.5 Å². The van der Waals surface area contributed by atoms with Gasteiger partial charge in [0, 0.05) is 12.6 Å². The fraction of sp³-hybridized carbons (Fsp3) is 0.562. The van der Waals surface area contributed by atoms with E-state index in [9.17, 15) is 52.7 Å². The summed E-state index contributed by atoms with van der Waals surface area (Å²) in [4.78, 5) is 13.5. The van der Waals surface area contributed by atoms with E-state index in [1.54, 1.807) is 0 Å². The van der Waals surface area contributed by atoms with Gasteiger partial charge < -0.3 is 9.47 Å². The number of carbonyl (C=O) groups is 1. The molecule has 2 rings (SSSR count). The number of sulfone groups is 1. The summed E-state index contributed by atoms with van der Waals surface area (Å²) in [6.45, 7) is -1.10. The Kier molecular flexibility index (Phi) is 8.05. The molecule has 0 atom stereocenters. The van der Waals surface area contributed by atoms with Crippen LogP contribution in [0.15, 0.2) is 4.34 Å². The molecule has 0 unspecified atom stereocenters. The molecule has 0 aliphatic carbocycles. The monoisotopic (exact) mass is 563 g/mol. The Morgan fingerprint density at radius 2 is 1.60 bits per heavy atom. The molecule has 2 heterocycles. The lowest BCUT2D eigenvalue weighted by Crippen LogP contribution is -2.21. The highest BCUT2D eigenvalue weighted by Crippen LogP contribution is 2.38. The van der Waals surface area contributed by atoms with Crippen molar-refractivity contribution in [2.24, 2.45) is 7.05 Å². The van der Waals surface area contributed by atoms with Crippen LogP contribution in [0.2, 0.25) is 0 Å². The largest absolute Gasteiger partial charge is 0.468 e. The molecule has 0 fully saturated rings. The van der Waals surface area contributed by atoms with Gasteiger partial charge in [0.25, 0.3) is 0 Å². The second-order valence-corrected chi connectivity index (χ2v) is 9.88. The zero-order valence-electron chi connectivity index (χ0n) is 17.4. The van der Waals surface area contributed by atoms with E-state index in [-0.39, 0.29) is 17.9 Å². The van der Waals surface area contributed by atoms with Gasteiger partial charge in [-0.15, -0.1) is 0 Å². The predicted molar refractivity (Wildman–Crippen MR) is 98.6 cm³/mol. The molecule has 35 heavy (non-hydrogen) atoms. The average Bonchev–Trinajstić information content (AvgIpc) is 3.26. The SMILES string of the molecule is CCOC(=O)c1sc(S(=O)(=O)CCc2c(C(F)(F)F)nn(C)c2OCC(F)(F)F)nc1C(F)(F)F. The highest BCUT2D eigenvalue weighted by Gasteiger charge is 2.43. The van der Waals surface area contributed by atoms with E-state index < -0.39 is 85.2 Å². The zero-order chi connectivity index (χ0) is 27.0. The summed E-state index contributed by atoms with van der Waals surface area (Å²) < 4.78 is 150. The molecule has 0 aromatic carbocycles. The van der Waals surface area contributed by atoms with Gasteiger partial charge in [0.15, 0.2) is 18.0 Å². The molecule has 0 bridgehead atoms. The molecule has 2 aromatic heterocycles. The summed E-state index contributed by atoms with van der Waals surface area (Å²) in [5, 5.41) is 3.03. The number of halogens is 9.